The lowest BCUT2D eigenvalue weighted by molar-refractivity contribution is -0.430. The summed E-state index contributed by atoms with van der Waals surface area (Å²) in [4.78, 5) is 24.2. The molecule has 0 saturated heterocycles. The van der Waals surface area contributed by atoms with Crippen LogP contribution in [0.1, 0.15) is 28.3 Å². The summed E-state index contributed by atoms with van der Waals surface area (Å²) in [6, 6.07) is 14.6. The monoisotopic (exact) mass is 450 g/mol. The number of halogens is 1. The van der Waals surface area contributed by atoms with Crippen molar-refractivity contribution in [3.05, 3.63) is 102 Å². The van der Waals surface area contributed by atoms with E-state index in [-0.39, 0.29) is 28.9 Å². The van der Waals surface area contributed by atoms with E-state index in [0.29, 0.717) is 16.3 Å². The second kappa shape index (κ2) is 8.17. The van der Waals surface area contributed by atoms with Gasteiger partial charge in [-0.3, -0.25) is 14.9 Å². The van der Waals surface area contributed by atoms with Crippen molar-refractivity contribution in [2.24, 2.45) is 0 Å². The third-order valence-electron chi connectivity index (χ3n) is 5.28. The molecule has 1 unspecified atom stereocenters. The van der Waals surface area contributed by atoms with Gasteiger partial charge in [-0.2, -0.15) is 15.0 Å². The number of allylic oxidation sites excluding steroid dienone is 1. The molecule has 1 N–H and O–H groups in total. The van der Waals surface area contributed by atoms with E-state index >= 15 is 0 Å². The number of nitriles is 1. The minimum atomic E-state index is -0.890. The van der Waals surface area contributed by atoms with Gasteiger partial charge in [0.05, 0.1) is 23.6 Å². The lowest BCUT2D eigenvalue weighted by Crippen LogP contribution is -2.31. The number of benzene rings is 2. The number of aromatic nitrogens is 2. The Morgan fingerprint density at radius 2 is 2.03 bits per heavy atom. The number of nitrogens with zero attached hydrogens (tertiary/aromatic N) is 4. The zero-order valence-electron chi connectivity index (χ0n) is 16.7. The average Bonchev–Trinajstić information content (AvgIpc) is 2.78. The smallest absolute Gasteiger partial charge is 0.297 e. The van der Waals surface area contributed by atoms with Gasteiger partial charge in [0.1, 0.15) is 23.1 Å². The second-order valence-corrected chi connectivity index (χ2v) is 7.47. The van der Waals surface area contributed by atoms with E-state index in [1.54, 1.807) is 42.5 Å². The first-order chi connectivity index (χ1) is 15.3. The Balaban J connectivity index is 1.96. The van der Waals surface area contributed by atoms with Crippen LogP contribution < -0.4 is 10.3 Å². The number of ether oxygens (including phenoxy) is 1. The molecule has 0 spiro atoms. The quantitative estimate of drug-likeness (QED) is 0.474. The molecule has 32 heavy (non-hydrogen) atoms. The van der Waals surface area contributed by atoms with Crippen LogP contribution in [0.3, 0.4) is 0 Å². The molecule has 0 fully saturated rings. The van der Waals surface area contributed by atoms with E-state index in [0.717, 1.165) is 4.68 Å². The molecule has 0 aliphatic heterocycles. The highest BCUT2D eigenvalue weighted by Crippen LogP contribution is 2.39. The highest BCUT2D eigenvalue weighted by atomic mass is 35.5. The van der Waals surface area contributed by atoms with Gasteiger partial charge in [-0.25, -0.2) is 0 Å². The Bertz CT molecular complexity index is 1370. The van der Waals surface area contributed by atoms with Gasteiger partial charge in [0, 0.05) is 10.6 Å². The summed E-state index contributed by atoms with van der Waals surface area (Å²) in [5.74, 6) is -1.02. The normalized spacial score (nSPS) is 15.1. The number of methoxy groups -OCH3 is 1. The predicted octanol–water partition coefficient (Wildman–Crippen LogP) is 3.61. The fourth-order valence-corrected chi connectivity index (χ4v) is 3.94. The average molecular weight is 451 g/mol. The summed E-state index contributed by atoms with van der Waals surface area (Å²) in [5, 5.41) is 37.0. The summed E-state index contributed by atoms with van der Waals surface area (Å²) in [6.07, 6.45) is -0.0520. The highest BCUT2D eigenvalue weighted by molar-refractivity contribution is 6.30. The number of hydrogen-bond acceptors (Lipinski definition) is 7. The van der Waals surface area contributed by atoms with Gasteiger partial charge in [-0.1, -0.05) is 29.8 Å². The van der Waals surface area contributed by atoms with E-state index < -0.39 is 27.9 Å². The molecule has 0 bridgehead atoms. The highest BCUT2D eigenvalue weighted by Gasteiger charge is 2.40. The van der Waals surface area contributed by atoms with Crippen molar-refractivity contribution in [3.8, 4) is 17.5 Å². The van der Waals surface area contributed by atoms with Gasteiger partial charge < -0.3 is 9.84 Å². The van der Waals surface area contributed by atoms with Gasteiger partial charge in [0.2, 0.25) is 5.76 Å². The van der Waals surface area contributed by atoms with Gasteiger partial charge in [0.25, 0.3) is 11.3 Å². The zero-order chi connectivity index (χ0) is 23.0. The summed E-state index contributed by atoms with van der Waals surface area (Å²) in [7, 11) is 1.50. The Kier molecular flexibility index (Phi) is 5.38. The molecule has 10 heteroatoms. The molecular formula is C22H15ClN4O5. The molecule has 1 atom stereocenters. The van der Waals surface area contributed by atoms with E-state index in [1.165, 1.54) is 13.2 Å². The van der Waals surface area contributed by atoms with Gasteiger partial charge in [-0.05, 0) is 42.3 Å². The summed E-state index contributed by atoms with van der Waals surface area (Å²) in [5.41, 5.74) is -0.665. The third-order valence-corrected chi connectivity index (χ3v) is 5.51. The van der Waals surface area contributed by atoms with Gasteiger partial charge in [0.15, 0.2) is 0 Å². The van der Waals surface area contributed by atoms with Crippen molar-refractivity contribution in [3.63, 3.8) is 0 Å². The molecule has 1 heterocycles. The molecule has 3 aromatic rings. The number of nitro groups is 1. The molecular weight excluding hydrogens is 436 g/mol. The predicted molar refractivity (Wildman–Crippen MR) is 116 cm³/mol. The number of aliphatic hydroxyl groups is 1. The van der Waals surface area contributed by atoms with E-state index in [9.17, 15) is 25.3 Å². The largest absolute Gasteiger partial charge is 0.501 e. The maximum absolute atomic E-state index is 13.0. The topological polar surface area (TPSA) is 131 Å². The van der Waals surface area contributed by atoms with Crippen LogP contribution in [0.15, 0.2) is 59.0 Å². The summed E-state index contributed by atoms with van der Waals surface area (Å²) >= 11 is 6.00. The maximum Gasteiger partial charge on any atom is 0.297 e. The number of fused-ring (bicyclic) bond motifs is 1. The maximum atomic E-state index is 13.0. The molecule has 4 rings (SSSR count). The molecule has 1 aromatic heterocycles. The van der Waals surface area contributed by atoms with Crippen LogP contribution in [0, 0.1) is 21.4 Å². The van der Waals surface area contributed by atoms with Crippen molar-refractivity contribution in [2.75, 3.05) is 7.11 Å². The molecule has 2 aromatic carbocycles. The SMILES string of the molecule is COc1ccc(C2Cc3c(nn(-c4cccc(Cl)c4)c(=O)c3C#N)C(O)=C2[N+](=O)[O-])cc1. The van der Waals surface area contributed by atoms with E-state index in [1.807, 2.05) is 6.07 Å². The van der Waals surface area contributed by atoms with Crippen molar-refractivity contribution in [2.45, 2.75) is 12.3 Å². The molecule has 1 aliphatic rings. The number of aliphatic hydroxyl groups excluding tert-OH is 1. The zero-order valence-corrected chi connectivity index (χ0v) is 17.4. The van der Waals surface area contributed by atoms with Crippen molar-refractivity contribution in [1.29, 1.82) is 5.26 Å². The van der Waals surface area contributed by atoms with Crippen LogP contribution in [-0.2, 0) is 6.42 Å². The Labute approximate surface area is 186 Å². The Hall–Kier alpha value is -4.16. The fraction of sp³-hybridized carbons (Fsp3) is 0.136. The van der Waals surface area contributed by atoms with Crippen LogP contribution in [0.2, 0.25) is 5.02 Å². The van der Waals surface area contributed by atoms with Crippen LogP contribution in [0.5, 0.6) is 5.75 Å². The molecule has 160 valence electrons. The van der Waals surface area contributed by atoms with Crippen LogP contribution >= 0.6 is 11.6 Å². The molecule has 0 radical (unpaired) electrons. The Morgan fingerprint density at radius 1 is 1.31 bits per heavy atom. The van der Waals surface area contributed by atoms with Gasteiger partial charge >= 0.3 is 0 Å². The Morgan fingerprint density at radius 3 is 2.62 bits per heavy atom. The van der Waals surface area contributed by atoms with E-state index in [4.69, 9.17) is 16.3 Å². The standard InChI is InChI=1S/C22H15ClN4O5/c1-32-15-7-5-12(6-8-15)16-10-17-18(11-24)22(29)26(14-4-2-3-13(23)9-14)25-19(17)21(28)20(16)27(30)31/h2-9,16,28H,10H2,1H3. The van der Waals surface area contributed by atoms with E-state index in [2.05, 4.69) is 5.10 Å². The third kappa shape index (κ3) is 3.46. The van der Waals surface area contributed by atoms with Gasteiger partial charge in [-0.15, -0.1) is 0 Å². The minimum absolute atomic E-state index is 0.0520. The number of rotatable bonds is 4. The fourth-order valence-electron chi connectivity index (χ4n) is 3.76. The van der Waals surface area contributed by atoms with Crippen molar-refractivity contribution < 1.29 is 14.8 Å². The first-order valence-electron chi connectivity index (χ1n) is 9.39. The molecule has 0 amide bonds. The van der Waals surface area contributed by atoms with Crippen LogP contribution in [-0.4, -0.2) is 26.9 Å². The number of hydrogen-bond donors (Lipinski definition) is 1. The lowest BCUT2D eigenvalue weighted by Gasteiger charge is -2.23. The minimum Gasteiger partial charge on any atom is -0.501 e. The summed E-state index contributed by atoms with van der Waals surface area (Å²) < 4.78 is 6.03. The first kappa shape index (κ1) is 21.1. The summed E-state index contributed by atoms with van der Waals surface area (Å²) in [6.45, 7) is 0. The second-order valence-electron chi connectivity index (χ2n) is 7.03. The lowest BCUT2D eigenvalue weighted by atomic mass is 9.82. The first-order valence-corrected chi connectivity index (χ1v) is 9.77. The molecule has 1 aliphatic carbocycles. The van der Waals surface area contributed by atoms with Crippen molar-refractivity contribution in [1.82, 2.24) is 9.78 Å². The molecule has 9 nitrogen and oxygen atoms in total. The van der Waals surface area contributed by atoms with Crippen LogP contribution in [0.25, 0.3) is 11.4 Å². The molecule has 0 saturated carbocycles. The van der Waals surface area contributed by atoms with Crippen LogP contribution in [0.4, 0.5) is 0 Å². The van der Waals surface area contributed by atoms with Crippen molar-refractivity contribution >= 4 is 17.4 Å².